The molecule has 0 spiro atoms. The number of rotatable bonds is 6. The highest BCUT2D eigenvalue weighted by atomic mass is 32.2. The van der Waals surface area contributed by atoms with Gasteiger partial charge >= 0.3 is 0 Å². The van der Waals surface area contributed by atoms with E-state index in [2.05, 4.69) is 9.71 Å². The van der Waals surface area contributed by atoms with Crippen LogP contribution in [-0.2, 0) is 16.6 Å². The summed E-state index contributed by atoms with van der Waals surface area (Å²) in [5.74, 6) is -2.39. The second-order valence-corrected chi connectivity index (χ2v) is 7.52. The fraction of sp³-hybridized carbons (Fsp3) is 0.111. The lowest BCUT2D eigenvalue weighted by Crippen LogP contribution is -2.31. The second-order valence-electron chi connectivity index (χ2n) is 5.79. The zero-order valence-electron chi connectivity index (χ0n) is 14.3. The zero-order chi connectivity index (χ0) is 20.3. The Morgan fingerprint density at radius 2 is 1.64 bits per heavy atom. The largest absolute Gasteiger partial charge is 0.298 e. The van der Waals surface area contributed by atoms with Crippen LogP contribution in [0.1, 0.15) is 0 Å². The summed E-state index contributed by atoms with van der Waals surface area (Å²) < 4.78 is 67.2. The van der Waals surface area contributed by atoms with Gasteiger partial charge in [-0.1, -0.05) is 0 Å². The van der Waals surface area contributed by atoms with Gasteiger partial charge in [0.1, 0.15) is 22.3 Å². The molecule has 0 amide bonds. The summed E-state index contributed by atoms with van der Waals surface area (Å²) in [6.45, 7) is -0.318. The Labute approximate surface area is 158 Å². The minimum absolute atomic E-state index is 0.0777. The Morgan fingerprint density at radius 1 is 0.964 bits per heavy atom. The molecule has 28 heavy (non-hydrogen) atoms. The van der Waals surface area contributed by atoms with Crippen LogP contribution in [0.15, 0.2) is 64.5 Å². The fourth-order valence-electron chi connectivity index (χ4n) is 2.43. The van der Waals surface area contributed by atoms with Crippen LogP contribution in [0.4, 0.5) is 13.2 Å². The molecule has 1 aromatic heterocycles. The molecule has 10 heteroatoms. The number of nitrogens with zero attached hydrogens (tertiary/aromatic N) is 2. The Kier molecular flexibility index (Phi) is 5.61. The normalized spacial score (nSPS) is 11.5. The Bertz CT molecular complexity index is 1160. The minimum Gasteiger partial charge on any atom is -0.298 e. The van der Waals surface area contributed by atoms with Crippen LogP contribution in [0, 0.1) is 17.5 Å². The maximum Gasteiger partial charge on any atom is 0.253 e. The van der Waals surface area contributed by atoms with Crippen LogP contribution in [-0.4, -0.2) is 24.5 Å². The van der Waals surface area contributed by atoms with E-state index in [9.17, 15) is 26.4 Å². The number of halogens is 3. The van der Waals surface area contributed by atoms with Crippen molar-refractivity contribution in [2.24, 2.45) is 0 Å². The van der Waals surface area contributed by atoms with E-state index >= 15 is 0 Å². The van der Waals surface area contributed by atoms with Gasteiger partial charge in [0, 0.05) is 24.7 Å². The number of aromatic nitrogens is 2. The van der Waals surface area contributed by atoms with Crippen LogP contribution in [0.5, 0.6) is 0 Å². The van der Waals surface area contributed by atoms with Gasteiger partial charge in [-0.2, -0.15) is 0 Å². The topological polar surface area (TPSA) is 81.1 Å². The quantitative estimate of drug-likeness (QED) is 0.678. The third-order valence-corrected chi connectivity index (χ3v) is 5.32. The molecule has 0 atom stereocenters. The molecule has 1 N–H and O–H groups in total. The van der Waals surface area contributed by atoms with Crippen molar-refractivity contribution >= 4 is 10.0 Å². The van der Waals surface area contributed by atoms with E-state index in [0.717, 1.165) is 10.6 Å². The maximum atomic E-state index is 13.6. The lowest BCUT2D eigenvalue weighted by atomic mass is 10.1. The molecule has 0 bridgehead atoms. The molecule has 0 saturated heterocycles. The smallest absolute Gasteiger partial charge is 0.253 e. The molecule has 0 unspecified atom stereocenters. The van der Waals surface area contributed by atoms with Crippen molar-refractivity contribution in [2.75, 3.05) is 6.54 Å². The first-order valence-corrected chi connectivity index (χ1v) is 9.52. The molecule has 0 radical (unpaired) electrons. The van der Waals surface area contributed by atoms with Gasteiger partial charge in [0.2, 0.25) is 10.0 Å². The Hall–Kier alpha value is -2.98. The number of benzene rings is 2. The summed E-state index contributed by atoms with van der Waals surface area (Å²) in [6, 6.07) is 8.75. The molecule has 0 saturated carbocycles. The van der Waals surface area contributed by atoms with Crippen molar-refractivity contribution in [1.29, 1.82) is 0 Å². The molecule has 3 aromatic rings. The summed E-state index contributed by atoms with van der Waals surface area (Å²) in [6.07, 6.45) is 1.22. The highest BCUT2D eigenvalue weighted by Gasteiger charge is 2.19. The lowest BCUT2D eigenvalue weighted by Gasteiger charge is -2.09. The monoisotopic (exact) mass is 409 g/mol. The van der Waals surface area contributed by atoms with E-state index < -0.39 is 37.9 Å². The predicted octanol–water partition coefficient (Wildman–Crippen LogP) is 2.31. The summed E-state index contributed by atoms with van der Waals surface area (Å²) in [5, 5.41) is 0. The first-order chi connectivity index (χ1) is 13.3. The van der Waals surface area contributed by atoms with E-state index in [1.807, 2.05) is 0 Å². The fourth-order valence-corrected chi connectivity index (χ4v) is 3.54. The Balaban J connectivity index is 1.70. The van der Waals surface area contributed by atoms with E-state index in [0.29, 0.717) is 23.4 Å². The van der Waals surface area contributed by atoms with Crippen molar-refractivity contribution in [2.45, 2.75) is 11.4 Å². The molecule has 0 aliphatic carbocycles. The van der Waals surface area contributed by atoms with Crippen molar-refractivity contribution in [3.63, 3.8) is 0 Å². The second kappa shape index (κ2) is 7.95. The molecule has 6 nitrogen and oxygen atoms in total. The lowest BCUT2D eigenvalue weighted by molar-refractivity contribution is 0.540. The SMILES string of the molecule is O=c1cc(-c2ccc(F)cc2)ncn1CCNS(=O)(=O)c1cc(F)ccc1F. The van der Waals surface area contributed by atoms with Crippen molar-refractivity contribution in [3.05, 3.63) is 82.7 Å². The molecular weight excluding hydrogens is 395 g/mol. The van der Waals surface area contributed by atoms with Crippen LogP contribution in [0.25, 0.3) is 11.3 Å². The Morgan fingerprint density at radius 3 is 2.32 bits per heavy atom. The molecular formula is C18H14F3N3O3S. The average Bonchev–Trinajstić information content (AvgIpc) is 2.65. The molecule has 146 valence electrons. The highest BCUT2D eigenvalue weighted by molar-refractivity contribution is 7.89. The summed E-state index contributed by atoms with van der Waals surface area (Å²) in [4.78, 5) is 15.4. The van der Waals surface area contributed by atoms with Gasteiger partial charge < -0.3 is 0 Å². The van der Waals surface area contributed by atoms with E-state index in [-0.39, 0.29) is 13.1 Å². The first kappa shape index (κ1) is 19.8. The molecule has 0 aliphatic heterocycles. The molecule has 2 aromatic carbocycles. The predicted molar refractivity (Wildman–Crippen MR) is 95.4 cm³/mol. The first-order valence-electron chi connectivity index (χ1n) is 8.03. The minimum atomic E-state index is -4.29. The number of hydrogen-bond donors (Lipinski definition) is 1. The average molecular weight is 409 g/mol. The number of nitrogens with one attached hydrogen (secondary N) is 1. The van der Waals surface area contributed by atoms with Crippen molar-refractivity contribution in [3.8, 4) is 11.3 Å². The van der Waals surface area contributed by atoms with Crippen LogP contribution in [0.2, 0.25) is 0 Å². The van der Waals surface area contributed by atoms with Crippen LogP contribution in [0.3, 0.4) is 0 Å². The molecule has 1 heterocycles. The van der Waals surface area contributed by atoms with Gasteiger partial charge in [0.15, 0.2) is 0 Å². The molecule has 0 fully saturated rings. The number of hydrogen-bond acceptors (Lipinski definition) is 4. The van der Waals surface area contributed by atoms with Gasteiger partial charge in [0.25, 0.3) is 5.56 Å². The molecule has 3 rings (SSSR count). The van der Waals surface area contributed by atoms with Crippen molar-refractivity contribution < 1.29 is 21.6 Å². The van der Waals surface area contributed by atoms with E-state index in [1.54, 1.807) is 0 Å². The third-order valence-electron chi connectivity index (χ3n) is 3.85. The van der Waals surface area contributed by atoms with Gasteiger partial charge in [-0.3, -0.25) is 9.36 Å². The van der Waals surface area contributed by atoms with Crippen molar-refractivity contribution in [1.82, 2.24) is 14.3 Å². The zero-order valence-corrected chi connectivity index (χ0v) is 15.1. The van der Waals surface area contributed by atoms with E-state index in [1.165, 1.54) is 36.7 Å². The summed E-state index contributed by atoms with van der Waals surface area (Å²) in [7, 11) is -4.29. The summed E-state index contributed by atoms with van der Waals surface area (Å²) in [5.41, 5.74) is 0.432. The van der Waals surface area contributed by atoms with Gasteiger partial charge in [0.05, 0.1) is 12.0 Å². The third kappa shape index (κ3) is 4.46. The van der Waals surface area contributed by atoms with E-state index in [4.69, 9.17) is 0 Å². The van der Waals surface area contributed by atoms with Gasteiger partial charge in [-0.25, -0.2) is 31.3 Å². The standard InChI is InChI=1S/C18H14F3N3O3S/c19-13-3-1-12(2-4-13)16-10-18(25)24(11-22-16)8-7-23-28(26,27)17-9-14(20)5-6-15(17)21/h1-6,9-11,23H,7-8H2. The molecule has 0 aliphatic rings. The van der Waals surface area contributed by atoms with Crippen LogP contribution < -0.4 is 10.3 Å². The van der Waals surface area contributed by atoms with Gasteiger partial charge in [-0.15, -0.1) is 0 Å². The maximum absolute atomic E-state index is 13.6. The highest BCUT2D eigenvalue weighted by Crippen LogP contribution is 2.16. The van der Waals surface area contributed by atoms with Crippen LogP contribution >= 0.6 is 0 Å². The summed E-state index contributed by atoms with van der Waals surface area (Å²) >= 11 is 0. The van der Waals surface area contributed by atoms with Gasteiger partial charge in [-0.05, 0) is 42.5 Å². The number of sulfonamides is 1.